The summed E-state index contributed by atoms with van der Waals surface area (Å²) in [5.41, 5.74) is 0.325. The van der Waals surface area contributed by atoms with Gasteiger partial charge in [0.25, 0.3) is 6.10 Å². The number of hydrogen-bond donors (Lipinski definition) is 0. The van der Waals surface area contributed by atoms with Gasteiger partial charge in [0.05, 0.1) is 12.2 Å². The van der Waals surface area contributed by atoms with E-state index in [2.05, 4.69) is 0 Å². The number of ether oxygens (including phenoxy) is 2. The average Bonchev–Trinajstić information content (AvgIpc) is 2.57. The van der Waals surface area contributed by atoms with Crippen molar-refractivity contribution in [2.24, 2.45) is 0 Å². The van der Waals surface area contributed by atoms with E-state index in [1.165, 1.54) is 6.07 Å². The average molecular weight is 241 g/mol. The van der Waals surface area contributed by atoms with Gasteiger partial charge in [-0.05, 0) is 25.1 Å². The van der Waals surface area contributed by atoms with Gasteiger partial charge in [-0.25, -0.2) is 4.79 Å². The molecule has 1 aliphatic heterocycles. The van der Waals surface area contributed by atoms with Crippen LogP contribution in [-0.4, -0.2) is 24.5 Å². The molecule has 0 amide bonds. The molecule has 0 aliphatic carbocycles. The molecule has 1 atom stereocenters. The molecule has 1 aliphatic rings. The molecule has 0 saturated heterocycles. The maximum absolute atomic E-state index is 11.8. The fraction of sp³-hybridized carbons (Fsp3) is 0.273. The van der Waals surface area contributed by atoms with Crippen LogP contribution in [0.1, 0.15) is 17.3 Å². The Morgan fingerprint density at radius 1 is 1.56 bits per heavy atom. The number of Topliss-reactive ketones (excluding diaryl/α,β-unsaturated/α-hetero) is 1. The molecule has 4 nitrogen and oxygen atoms in total. The van der Waals surface area contributed by atoms with E-state index in [4.69, 9.17) is 21.1 Å². The molecule has 2 rings (SSSR count). The van der Waals surface area contributed by atoms with E-state index in [0.717, 1.165) is 0 Å². The summed E-state index contributed by atoms with van der Waals surface area (Å²) < 4.78 is 9.95. The summed E-state index contributed by atoms with van der Waals surface area (Å²) in [6.45, 7) is 1.88. The minimum absolute atomic E-state index is 0.211. The number of carbonyl (C=O) groups is 2. The Balaban J connectivity index is 2.27. The third-order valence-electron chi connectivity index (χ3n) is 2.19. The van der Waals surface area contributed by atoms with Crippen molar-refractivity contribution in [3.05, 3.63) is 28.8 Å². The number of ketones is 1. The van der Waals surface area contributed by atoms with Gasteiger partial charge in [0.1, 0.15) is 5.75 Å². The minimum atomic E-state index is -1.19. The lowest BCUT2D eigenvalue weighted by Gasteiger charge is -2.07. The highest BCUT2D eigenvalue weighted by molar-refractivity contribution is 6.31. The second-order valence-electron chi connectivity index (χ2n) is 3.25. The molecule has 1 aromatic carbocycles. The van der Waals surface area contributed by atoms with Crippen molar-refractivity contribution in [1.82, 2.24) is 0 Å². The molecule has 0 spiro atoms. The van der Waals surface area contributed by atoms with E-state index in [0.29, 0.717) is 16.3 Å². The lowest BCUT2D eigenvalue weighted by molar-refractivity contribution is -0.148. The molecule has 1 unspecified atom stereocenters. The van der Waals surface area contributed by atoms with Gasteiger partial charge in [-0.1, -0.05) is 11.6 Å². The summed E-state index contributed by atoms with van der Waals surface area (Å²) >= 11 is 5.75. The predicted octanol–water partition coefficient (Wildman–Crippen LogP) is 1.85. The highest BCUT2D eigenvalue weighted by Gasteiger charge is 2.39. The molecule has 0 radical (unpaired) electrons. The van der Waals surface area contributed by atoms with E-state index in [1.54, 1.807) is 19.1 Å². The number of hydrogen-bond acceptors (Lipinski definition) is 4. The van der Waals surface area contributed by atoms with Crippen LogP contribution in [0.3, 0.4) is 0 Å². The molecule has 0 saturated carbocycles. The summed E-state index contributed by atoms with van der Waals surface area (Å²) in [5.74, 6) is -0.705. The zero-order chi connectivity index (χ0) is 11.7. The van der Waals surface area contributed by atoms with Crippen molar-refractivity contribution in [2.75, 3.05) is 6.61 Å². The molecule has 84 valence electrons. The van der Waals surface area contributed by atoms with Gasteiger partial charge in [0.15, 0.2) is 0 Å². The standard InChI is InChI=1S/C11H9ClO4/c1-2-15-11(14)10-9(13)7-5-6(12)3-4-8(7)16-10/h3-5,10H,2H2,1H3. The van der Waals surface area contributed by atoms with Crippen LogP contribution in [0.4, 0.5) is 0 Å². The third kappa shape index (κ3) is 1.76. The predicted molar refractivity (Wildman–Crippen MR) is 56.8 cm³/mol. The van der Waals surface area contributed by atoms with Gasteiger partial charge in [0.2, 0.25) is 5.78 Å². The zero-order valence-corrected chi connectivity index (χ0v) is 9.28. The number of benzene rings is 1. The smallest absolute Gasteiger partial charge is 0.355 e. The van der Waals surface area contributed by atoms with E-state index >= 15 is 0 Å². The normalized spacial score (nSPS) is 17.9. The first kappa shape index (κ1) is 11.0. The minimum Gasteiger partial charge on any atom is -0.470 e. The molecule has 1 aromatic rings. The largest absolute Gasteiger partial charge is 0.470 e. The van der Waals surface area contributed by atoms with Crippen molar-refractivity contribution in [3.8, 4) is 5.75 Å². The SMILES string of the molecule is CCOC(=O)C1Oc2ccc(Cl)cc2C1=O. The first-order valence-electron chi connectivity index (χ1n) is 4.80. The number of fused-ring (bicyclic) bond motifs is 1. The molecule has 0 fully saturated rings. The Hall–Kier alpha value is -1.55. The van der Waals surface area contributed by atoms with E-state index < -0.39 is 17.9 Å². The van der Waals surface area contributed by atoms with Gasteiger partial charge in [-0.2, -0.15) is 0 Å². The van der Waals surface area contributed by atoms with Gasteiger partial charge >= 0.3 is 5.97 Å². The van der Waals surface area contributed by atoms with Crippen molar-refractivity contribution in [1.29, 1.82) is 0 Å². The maximum Gasteiger partial charge on any atom is 0.355 e. The highest BCUT2D eigenvalue weighted by atomic mass is 35.5. The molecule has 1 heterocycles. The van der Waals surface area contributed by atoms with Crippen LogP contribution < -0.4 is 4.74 Å². The van der Waals surface area contributed by atoms with Crippen molar-refractivity contribution in [3.63, 3.8) is 0 Å². The monoisotopic (exact) mass is 240 g/mol. The fourth-order valence-corrected chi connectivity index (χ4v) is 1.66. The van der Waals surface area contributed by atoms with Crippen molar-refractivity contribution >= 4 is 23.4 Å². The summed E-state index contributed by atoms with van der Waals surface area (Å²) in [6, 6.07) is 4.65. The third-order valence-corrected chi connectivity index (χ3v) is 2.43. The molecule has 0 bridgehead atoms. The first-order chi connectivity index (χ1) is 7.63. The van der Waals surface area contributed by atoms with Crippen LogP contribution in [0.15, 0.2) is 18.2 Å². The Morgan fingerprint density at radius 3 is 3.00 bits per heavy atom. The number of halogens is 1. The maximum atomic E-state index is 11.8. The van der Waals surface area contributed by atoms with Gasteiger partial charge in [-0.3, -0.25) is 4.79 Å². The summed E-state index contributed by atoms with van der Waals surface area (Å²) in [6.07, 6.45) is -1.19. The van der Waals surface area contributed by atoms with Crippen LogP contribution in [0.25, 0.3) is 0 Å². The second kappa shape index (κ2) is 4.14. The van der Waals surface area contributed by atoms with E-state index in [9.17, 15) is 9.59 Å². The zero-order valence-electron chi connectivity index (χ0n) is 8.53. The quantitative estimate of drug-likeness (QED) is 0.585. The van der Waals surface area contributed by atoms with Crippen LogP contribution >= 0.6 is 11.6 Å². The van der Waals surface area contributed by atoms with Crippen LogP contribution in [0, 0.1) is 0 Å². The Kier molecular flexibility index (Phi) is 2.83. The fourth-order valence-electron chi connectivity index (χ4n) is 1.49. The molecule has 0 aromatic heterocycles. The Bertz CT molecular complexity index is 455. The number of carbonyl (C=O) groups excluding carboxylic acids is 2. The molecular weight excluding hydrogens is 232 g/mol. The summed E-state index contributed by atoms with van der Waals surface area (Å²) in [4.78, 5) is 23.2. The van der Waals surface area contributed by atoms with Crippen LogP contribution in [-0.2, 0) is 9.53 Å². The number of esters is 1. The lowest BCUT2D eigenvalue weighted by atomic mass is 10.1. The topological polar surface area (TPSA) is 52.6 Å². The lowest BCUT2D eigenvalue weighted by Crippen LogP contribution is -2.32. The molecule has 0 N–H and O–H groups in total. The summed E-state index contributed by atoms with van der Waals surface area (Å²) in [5, 5.41) is 0.431. The Morgan fingerprint density at radius 2 is 2.31 bits per heavy atom. The number of rotatable bonds is 2. The van der Waals surface area contributed by atoms with Gasteiger partial charge in [0, 0.05) is 5.02 Å². The van der Waals surface area contributed by atoms with Crippen LogP contribution in [0.2, 0.25) is 5.02 Å². The molecule has 16 heavy (non-hydrogen) atoms. The molecular formula is C11H9ClO4. The Labute approximate surface area is 97.1 Å². The van der Waals surface area contributed by atoms with Crippen molar-refractivity contribution < 1.29 is 19.1 Å². The highest BCUT2D eigenvalue weighted by Crippen LogP contribution is 2.31. The first-order valence-corrected chi connectivity index (χ1v) is 5.18. The van der Waals surface area contributed by atoms with Gasteiger partial charge in [-0.15, -0.1) is 0 Å². The van der Waals surface area contributed by atoms with E-state index in [-0.39, 0.29) is 6.61 Å². The van der Waals surface area contributed by atoms with Crippen LogP contribution in [0.5, 0.6) is 5.75 Å². The summed E-state index contributed by atoms with van der Waals surface area (Å²) in [7, 11) is 0. The molecule has 5 heteroatoms. The second-order valence-corrected chi connectivity index (χ2v) is 3.69. The van der Waals surface area contributed by atoms with Gasteiger partial charge < -0.3 is 9.47 Å². The van der Waals surface area contributed by atoms with E-state index in [1.807, 2.05) is 0 Å². The van der Waals surface area contributed by atoms with Crippen molar-refractivity contribution in [2.45, 2.75) is 13.0 Å².